The third-order valence-corrected chi connectivity index (χ3v) is 3.89. The fourth-order valence-electron chi connectivity index (χ4n) is 2.07. The molecule has 2 rings (SSSR count). The molecule has 0 aromatic heterocycles. The average Bonchev–Trinajstić information content (AvgIpc) is 2.72. The van der Waals surface area contributed by atoms with E-state index in [-0.39, 0.29) is 19.5 Å². The SMILES string of the molecule is Nc1cc(I)c(F)cc1N1CCC(C(F)(F)F)C1. The van der Waals surface area contributed by atoms with Crippen molar-refractivity contribution in [3.05, 3.63) is 21.5 Å². The molecule has 0 saturated carbocycles. The Balaban J connectivity index is 2.22. The molecular weight excluding hydrogens is 363 g/mol. The van der Waals surface area contributed by atoms with E-state index < -0.39 is 17.9 Å². The van der Waals surface area contributed by atoms with Crippen LogP contribution in [0.3, 0.4) is 0 Å². The first kappa shape index (κ1) is 13.7. The summed E-state index contributed by atoms with van der Waals surface area (Å²) in [6.07, 6.45) is -4.18. The van der Waals surface area contributed by atoms with Gasteiger partial charge in [0.2, 0.25) is 0 Å². The fourth-order valence-corrected chi connectivity index (χ4v) is 2.56. The minimum absolute atomic E-state index is 0.0244. The molecule has 7 heteroatoms. The van der Waals surface area contributed by atoms with Crippen molar-refractivity contribution in [2.75, 3.05) is 23.7 Å². The van der Waals surface area contributed by atoms with Crippen LogP contribution < -0.4 is 10.6 Å². The summed E-state index contributed by atoms with van der Waals surface area (Å²) in [5.74, 6) is -1.82. The summed E-state index contributed by atoms with van der Waals surface area (Å²) >= 11 is 1.79. The number of benzene rings is 1. The van der Waals surface area contributed by atoms with Crippen LogP contribution in [-0.2, 0) is 0 Å². The smallest absolute Gasteiger partial charge is 0.393 e. The summed E-state index contributed by atoms with van der Waals surface area (Å²) in [4.78, 5) is 1.49. The summed E-state index contributed by atoms with van der Waals surface area (Å²) in [6, 6.07) is 2.64. The van der Waals surface area contributed by atoms with Gasteiger partial charge in [0.05, 0.1) is 20.9 Å². The predicted molar refractivity (Wildman–Crippen MR) is 69.9 cm³/mol. The van der Waals surface area contributed by atoms with Crippen molar-refractivity contribution in [2.24, 2.45) is 5.92 Å². The molecule has 1 aliphatic heterocycles. The summed E-state index contributed by atoms with van der Waals surface area (Å²) in [5.41, 5.74) is 6.39. The lowest BCUT2D eigenvalue weighted by Gasteiger charge is -2.21. The van der Waals surface area contributed by atoms with Gasteiger partial charge in [0.25, 0.3) is 0 Å². The van der Waals surface area contributed by atoms with E-state index in [4.69, 9.17) is 5.73 Å². The van der Waals surface area contributed by atoms with E-state index >= 15 is 0 Å². The molecule has 18 heavy (non-hydrogen) atoms. The Kier molecular flexibility index (Phi) is 3.61. The first-order chi connectivity index (χ1) is 8.29. The molecule has 1 atom stereocenters. The number of nitrogens with zero attached hydrogens (tertiary/aromatic N) is 1. The van der Waals surface area contributed by atoms with Crippen LogP contribution in [0.25, 0.3) is 0 Å². The van der Waals surface area contributed by atoms with E-state index in [0.29, 0.717) is 14.9 Å². The van der Waals surface area contributed by atoms with Crippen LogP contribution in [-0.4, -0.2) is 19.3 Å². The van der Waals surface area contributed by atoms with E-state index in [1.165, 1.54) is 17.0 Å². The van der Waals surface area contributed by atoms with Gasteiger partial charge in [0, 0.05) is 19.2 Å². The first-order valence-corrected chi connectivity index (χ1v) is 6.43. The second-order valence-electron chi connectivity index (χ2n) is 4.30. The molecule has 1 saturated heterocycles. The maximum absolute atomic E-state index is 13.4. The second-order valence-corrected chi connectivity index (χ2v) is 5.46. The normalized spacial score (nSPS) is 20.5. The molecule has 1 unspecified atom stereocenters. The van der Waals surface area contributed by atoms with E-state index in [1.54, 1.807) is 22.6 Å². The number of nitrogens with two attached hydrogens (primary N) is 1. The zero-order chi connectivity index (χ0) is 13.5. The third-order valence-electron chi connectivity index (χ3n) is 3.06. The van der Waals surface area contributed by atoms with Gasteiger partial charge >= 0.3 is 6.18 Å². The molecule has 100 valence electrons. The zero-order valence-electron chi connectivity index (χ0n) is 9.27. The highest BCUT2D eigenvalue weighted by Crippen LogP contribution is 2.37. The fraction of sp³-hybridized carbons (Fsp3) is 0.455. The van der Waals surface area contributed by atoms with Gasteiger partial charge in [-0.2, -0.15) is 13.2 Å². The summed E-state index contributed by atoms with van der Waals surface area (Å²) < 4.78 is 51.5. The van der Waals surface area contributed by atoms with Gasteiger partial charge in [-0.15, -0.1) is 0 Å². The minimum atomic E-state index is -4.20. The quantitative estimate of drug-likeness (QED) is 0.464. The van der Waals surface area contributed by atoms with Gasteiger partial charge in [-0.25, -0.2) is 4.39 Å². The molecule has 0 aliphatic carbocycles. The molecule has 0 bridgehead atoms. The average molecular weight is 374 g/mol. The molecule has 1 aliphatic rings. The van der Waals surface area contributed by atoms with Gasteiger partial charge in [-0.05, 0) is 35.1 Å². The van der Waals surface area contributed by atoms with Gasteiger partial charge in [0.1, 0.15) is 5.82 Å². The van der Waals surface area contributed by atoms with Crippen molar-refractivity contribution < 1.29 is 17.6 Å². The number of halogens is 5. The van der Waals surface area contributed by atoms with Gasteiger partial charge in [0.15, 0.2) is 0 Å². The molecule has 2 N–H and O–H groups in total. The number of nitrogen functional groups attached to an aromatic ring is 1. The molecule has 1 fully saturated rings. The lowest BCUT2D eigenvalue weighted by molar-refractivity contribution is -0.168. The summed E-state index contributed by atoms with van der Waals surface area (Å²) in [6.45, 7) is 0.0855. The topological polar surface area (TPSA) is 29.3 Å². The highest BCUT2D eigenvalue weighted by atomic mass is 127. The van der Waals surface area contributed by atoms with Crippen molar-refractivity contribution in [3.63, 3.8) is 0 Å². The Morgan fingerprint density at radius 1 is 1.33 bits per heavy atom. The van der Waals surface area contributed by atoms with Crippen molar-refractivity contribution in [1.82, 2.24) is 0 Å². The molecule has 2 nitrogen and oxygen atoms in total. The molecule has 1 aromatic carbocycles. The monoisotopic (exact) mass is 374 g/mol. The Labute approximate surface area is 115 Å². The molecular formula is C11H11F4IN2. The van der Waals surface area contributed by atoms with Crippen molar-refractivity contribution >= 4 is 34.0 Å². The maximum Gasteiger partial charge on any atom is 0.393 e. The lowest BCUT2D eigenvalue weighted by Crippen LogP contribution is -2.27. The van der Waals surface area contributed by atoms with Crippen molar-refractivity contribution in [2.45, 2.75) is 12.6 Å². The Morgan fingerprint density at radius 2 is 2.00 bits per heavy atom. The number of hydrogen-bond donors (Lipinski definition) is 1. The summed E-state index contributed by atoms with van der Waals surface area (Å²) in [5, 5.41) is 0. The molecule has 1 heterocycles. The third kappa shape index (κ3) is 2.65. The number of hydrogen-bond acceptors (Lipinski definition) is 2. The number of alkyl halides is 3. The highest BCUT2D eigenvalue weighted by Gasteiger charge is 2.43. The Morgan fingerprint density at radius 3 is 2.56 bits per heavy atom. The van der Waals surface area contributed by atoms with E-state index in [0.717, 1.165) is 0 Å². The standard InChI is InChI=1S/C11H11F4IN2/c12-7-3-10(9(17)4-8(7)16)18-2-1-6(5-18)11(13,14)15/h3-4,6H,1-2,5,17H2. The predicted octanol–water partition coefficient (Wildman–Crippen LogP) is 3.40. The van der Waals surface area contributed by atoms with Crippen LogP contribution >= 0.6 is 22.6 Å². The number of rotatable bonds is 1. The van der Waals surface area contributed by atoms with E-state index in [9.17, 15) is 17.6 Å². The second kappa shape index (κ2) is 4.75. The van der Waals surface area contributed by atoms with Gasteiger partial charge in [-0.3, -0.25) is 0 Å². The number of anilines is 2. The Bertz CT molecular complexity index is 461. The summed E-state index contributed by atoms with van der Waals surface area (Å²) in [7, 11) is 0. The van der Waals surface area contributed by atoms with Crippen LogP contribution in [0.1, 0.15) is 6.42 Å². The molecule has 0 radical (unpaired) electrons. The van der Waals surface area contributed by atoms with Crippen LogP contribution in [0.2, 0.25) is 0 Å². The minimum Gasteiger partial charge on any atom is -0.397 e. The maximum atomic E-state index is 13.4. The first-order valence-electron chi connectivity index (χ1n) is 5.35. The zero-order valence-corrected chi connectivity index (χ0v) is 11.4. The van der Waals surface area contributed by atoms with E-state index in [1.807, 2.05) is 0 Å². The lowest BCUT2D eigenvalue weighted by atomic mass is 10.1. The molecule has 0 spiro atoms. The Hall–Kier alpha value is -0.730. The van der Waals surface area contributed by atoms with Crippen LogP contribution in [0.15, 0.2) is 12.1 Å². The highest BCUT2D eigenvalue weighted by molar-refractivity contribution is 14.1. The van der Waals surface area contributed by atoms with Gasteiger partial charge < -0.3 is 10.6 Å². The van der Waals surface area contributed by atoms with Crippen LogP contribution in [0.4, 0.5) is 28.9 Å². The van der Waals surface area contributed by atoms with E-state index in [2.05, 4.69) is 0 Å². The van der Waals surface area contributed by atoms with Gasteiger partial charge in [-0.1, -0.05) is 0 Å². The van der Waals surface area contributed by atoms with Crippen LogP contribution in [0.5, 0.6) is 0 Å². The molecule has 1 aromatic rings. The molecule has 0 amide bonds. The van der Waals surface area contributed by atoms with Crippen molar-refractivity contribution in [1.29, 1.82) is 0 Å². The largest absolute Gasteiger partial charge is 0.397 e. The van der Waals surface area contributed by atoms with Crippen molar-refractivity contribution in [3.8, 4) is 0 Å². The van der Waals surface area contributed by atoms with Crippen LogP contribution in [0, 0.1) is 15.3 Å².